The summed E-state index contributed by atoms with van der Waals surface area (Å²) in [6.07, 6.45) is 2.34. The molecule has 5 nitrogen and oxygen atoms in total. The van der Waals surface area contributed by atoms with E-state index >= 15 is 0 Å². The van der Waals surface area contributed by atoms with Gasteiger partial charge < -0.3 is 9.80 Å². The number of nitrogens with zero attached hydrogens (tertiary/aromatic N) is 3. The van der Waals surface area contributed by atoms with Crippen LogP contribution in [0.3, 0.4) is 0 Å². The van der Waals surface area contributed by atoms with Gasteiger partial charge in [-0.1, -0.05) is 30.3 Å². The number of carbonyl (C=O) groups is 2. The van der Waals surface area contributed by atoms with Gasteiger partial charge in [0.25, 0.3) is 5.91 Å². The predicted molar refractivity (Wildman–Crippen MR) is 103 cm³/mol. The van der Waals surface area contributed by atoms with E-state index in [1.807, 2.05) is 59.5 Å². The molecule has 26 heavy (non-hydrogen) atoms. The third-order valence-corrected chi connectivity index (χ3v) is 5.14. The van der Waals surface area contributed by atoms with Gasteiger partial charge in [0, 0.05) is 18.7 Å². The SMILES string of the molecule is O=C(CN1CCCC1)N1CCN(C(=O)c2ccccc2)c2ccccc21. The number of fused-ring (bicyclic) bond motifs is 1. The van der Waals surface area contributed by atoms with Gasteiger partial charge in [-0.05, 0) is 50.2 Å². The van der Waals surface area contributed by atoms with Gasteiger partial charge in [-0.3, -0.25) is 14.5 Å². The molecule has 2 aliphatic heterocycles. The van der Waals surface area contributed by atoms with Gasteiger partial charge in [-0.25, -0.2) is 0 Å². The molecule has 2 aromatic carbocycles. The van der Waals surface area contributed by atoms with Crippen LogP contribution in [0.15, 0.2) is 54.6 Å². The van der Waals surface area contributed by atoms with Crippen molar-refractivity contribution in [2.24, 2.45) is 0 Å². The minimum absolute atomic E-state index is 0.0234. The minimum Gasteiger partial charge on any atom is -0.307 e. The zero-order valence-corrected chi connectivity index (χ0v) is 14.8. The molecule has 0 atom stereocenters. The van der Waals surface area contributed by atoms with Gasteiger partial charge in [-0.2, -0.15) is 0 Å². The highest BCUT2D eigenvalue weighted by atomic mass is 16.2. The molecule has 0 N–H and O–H groups in total. The molecule has 1 fully saturated rings. The molecule has 0 radical (unpaired) electrons. The van der Waals surface area contributed by atoms with Crippen molar-refractivity contribution in [2.75, 3.05) is 42.5 Å². The van der Waals surface area contributed by atoms with Gasteiger partial charge in [0.1, 0.15) is 0 Å². The second kappa shape index (κ2) is 7.30. The normalized spacial score (nSPS) is 17.2. The smallest absolute Gasteiger partial charge is 0.258 e. The van der Waals surface area contributed by atoms with Crippen LogP contribution in [0.4, 0.5) is 11.4 Å². The fourth-order valence-electron chi connectivity index (χ4n) is 3.79. The summed E-state index contributed by atoms with van der Waals surface area (Å²) in [6.45, 7) is 3.50. The number of likely N-dealkylation sites (tertiary alicyclic amines) is 1. The third kappa shape index (κ3) is 3.22. The Morgan fingerprint density at radius 3 is 2.00 bits per heavy atom. The van der Waals surface area contributed by atoms with E-state index in [4.69, 9.17) is 0 Å². The second-order valence-corrected chi connectivity index (χ2v) is 6.84. The van der Waals surface area contributed by atoms with E-state index in [2.05, 4.69) is 4.90 Å². The molecule has 0 spiro atoms. The van der Waals surface area contributed by atoms with E-state index in [1.54, 1.807) is 4.90 Å². The second-order valence-electron chi connectivity index (χ2n) is 6.84. The monoisotopic (exact) mass is 349 g/mol. The van der Waals surface area contributed by atoms with E-state index < -0.39 is 0 Å². The van der Waals surface area contributed by atoms with E-state index in [0.717, 1.165) is 24.5 Å². The van der Waals surface area contributed by atoms with Crippen molar-refractivity contribution in [1.29, 1.82) is 0 Å². The van der Waals surface area contributed by atoms with Gasteiger partial charge in [0.15, 0.2) is 0 Å². The van der Waals surface area contributed by atoms with Crippen molar-refractivity contribution in [2.45, 2.75) is 12.8 Å². The molecule has 4 rings (SSSR count). The van der Waals surface area contributed by atoms with E-state index in [9.17, 15) is 9.59 Å². The van der Waals surface area contributed by atoms with Crippen LogP contribution in [-0.2, 0) is 4.79 Å². The fourth-order valence-corrected chi connectivity index (χ4v) is 3.79. The number of rotatable bonds is 3. The first kappa shape index (κ1) is 16.8. The summed E-state index contributed by atoms with van der Waals surface area (Å²) in [5.74, 6) is 0.0934. The highest BCUT2D eigenvalue weighted by Gasteiger charge is 2.31. The van der Waals surface area contributed by atoms with Crippen LogP contribution < -0.4 is 9.80 Å². The average molecular weight is 349 g/mol. The first-order valence-electron chi connectivity index (χ1n) is 9.23. The minimum atomic E-state index is -0.0234. The Labute approximate surface area is 153 Å². The first-order valence-corrected chi connectivity index (χ1v) is 9.23. The van der Waals surface area contributed by atoms with E-state index in [-0.39, 0.29) is 11.8 Å². The molecule has 0 unspecified atom stereocenters. The number of carbonyl (C=O) groups excluding carboxylic acids is 2. The van der Waals surface area contributed by atoms with Crippen LogP contribution in [0.5, 0.6) is 0 Å². The quantitative estimate of drug-likeness (QED) is 0.856. The lowest BCUT2D eigenvalue weighted by Crippen LogP contribution is -2.49. The van der Waals surface area contributed by atoms with Crippen LogP contribution >= 0.6 is 0 Å². The summed E-state index contributed by atoms with van der Waals surface area (Å²) in [6, 6.07) is 17.0. The molecule has 0 bridgehead atoms. The fraction of sp³-hybridized carbons (Fsp3) is 0.333. The largest absolute Gasteiger partial charge is 0.307 e. The highest BCUT2D eigenvalue weighted by molar-refractivity contribution is 6.10. The number of benzene rings is 2. The maximum absolute atomic E-state index is 12.9. The lowest BCUT2D eigenvalue weighted by Gasteiger charge is -2.37. The summed E-state index contributed by atoms with van der Waals surface area (Å²) in [7, 11) is 0. The molecule has 2 aliphatic rings. The van der Waals surface area contributed by atoms with E-state index in [1.165, 1.54) is 12.8 Å². The number of para-hydroxylation sites is 2. The first-order chi connectivity index (χ1) is 12.7. The zero-order chi connectivity index (χ0) is 17.9. The summed E-state index contributed by atoms with van der Waals surface area (Å²) in [5, 5.41) is 0. The van der Waals surface area contributed by atoms with Gasteiger partial charge in [0.2, 0.25) is 5.91 Å². The van der Waals surface area contributed by atoms with Crippen molar-refractivity contribution in [3.8, 4) is 0 Å². The summed E-state index contributed by atoms with van der Waals surface area (Å²) >= 11 is 0. The molecule has 0 aliphatic carbocycles. The number of amides is 2. The highest BCUT2D eigenvalue weighted by Crippen LogP contribution is 2.34. The van der Waals surface area contributed by atoms with Crippen molar-refractivity contribution in [3.63, 3.8) is 0 Å². The molecule has 0 saturated carbocycles. The van der Waals surface area contributed by atoms with E-state index in [0.29, 0.717) is 25.2 Å². The Morgan fingerprint density at radius 2 is 1.31 bits per heavy atom. The molecule has 2 aromatic rings. The van der Waals surface area contributed by atoms with Gasteiger partial charge >= 0.3 is 0 Å². The Balaban J connectivity index is 1.58. The molecule has 2 heterocycles. The van der Waals surface area contributed by atoms with Crippen LogP contribution in [0.2, 0.25) is 0 Å². The maximum atomic E-state index is 12.9. The van der Waals surface area contributed by atoms with Crippen LogP contribution in [-0.4, -0.2) is 49.4 Å². The molecule has 5 heteroatoms. The Kier molecular flexibility index (Phi) is 4.71. The van der Waals surface area contributed by atoms with Crippen LogP contribution in [0, 0.1) is 0 Å². The summed E-state index contributed by atoms with van der Waals surface area (Å²) in [5.41, 5.74) is 2.30. The average Bonchev–Trinajstić information content (AvgIpc) is 3.20. The predicted octanol–water partition coefficient (Wildman–Crippen LogP) is 2.78. The summed E-state index contributed by atoms with van der Waals surface area (Å²) in [4.78, 5) is 31.6. The van der Waals surface area contributed by atoms with Gasteiger partial charge in [-0.15, -0.1) is 0 Å². The third-order valence-electron chi connectivity index (χ3n) is 5.14. The number of hydrogen-bond acceptors (Lipinski definition) is 3. The molecule has 0 aromatic heterocycles. The van der Waals surface area contributed by atoms with Crippen molar-refractivity contribution >= 4 is 23.2 Å². The Bertz CT molecular complexity index is 800. The Hall–Kier alpha value is -2.66. The topological polar surface area (TPSA) is 43.9 Å². The van der Waals surface area contributed by atoms with Crippen LogP contribution in [0.25, 0.3) is 0 Å². The summed E-state index contributed by atoms with van der Waals surface area (Å²) < 4.78 is 0. The molecule has 1 saturated heterocycles. The molecular weight excluding hydrogens is 326 g/mol. The lowest BCUT2D eigenvalue weighted by molar-refractivity contribution is -0.119. The van der Waals surface area contributed by atoms with Crippen molar-refractivity contribution < 1.29 is 9.59 Å². The zero-order valence-electron chi connectivity index (χ0n) is 14.8. The Morgan fingerprint density at radius 1 is 0.731 bits per heavy atom. The standard InChI is InChI=1S/C21H23N3O2/c25-20(16-22-12-6-7-13-22)23-14-15-24(19-11-5-4-10-18(19)23)21(26)17-8-2-1-3-9-17/h1-5,8-11H,6-7,12-16H2. The van der Waals surface area contributed by atoms with Crippen molar-refractivity contribution in [1.82, 2.24) is 4.90 Å². The van der Waals surface area contributed by atoms with Crippen molar-refractivity contribution in [3.05, 3.63) is 60.2 Å². The maximum Gasteiger partial charge on any atom is 0.258 e. The lowest BCUT2D eigenvalue weighted by atomic mass is 10.1. The van der Waals surface area contributed by atoms with Gasteiger partial charge in [0.05, 0.1) is 17.9 Å². The molecule has 134 valence electrons. The molecule has 2 amide bonds. The number of hydrogen-bond donors (Lipinski definition) is 0. The van der Waals surface area contributed by atoms with Crippen LogP contribution in [0.1, 0.15) is 23.2 Å². The number of anilines is 2. The molecular formula is C21H23N3O2.